The Morgan fingerprint density at radius 1 is 1.10 bits per heavy atom. The monoisotopic (exact) mass is 443 g/mol. The first-order valence-electron chi connectivity index (χ1n) is 9.09. The highest BCUT2D eigenvalue weighted by atomic mass is 19.4. The lowest BCUT2D eigenvalue weighted by Gasteiger charge is -2.16. The predicted octanol–water partition coefficient (Wildman–Crippen LogP) is 1.21. The molecule has 0 spiro atoms. The zero-order valence-corrected chi connectivity index (χ0v) is 15.7. The van der Waals surface area contributed by atoms with Gasteiger partial charge in [-0.25, -0.2) is 19.3 Å². The molecule has 166 valence electrons. The number of imidazole rings is 1. The van der Waals surface area contributed by atoms with Crippen molar-refractivity contribution in [2.75, 3.05) is 11.9 Å². The molecule has 1 saturated heterocycles. The molecule has 4 N–H and O–H groups in total. The van der Waals surface area contributed by atoms with Gasteiger partial charge < -0.3 is 25.4 Å². The number of aliphatic hydroxyl groups excluding tert-OH is 3. The first-order chi connectivity index (χ1) is 14.7. The van der Waals surface area contributed by atoms with E-state index in [1.807, 2.05) is 0 Å². The number of fused-ring (bicyclic) bond motifs is 1. The Labute approximate surface area is 172 Å². The fourth-order valence-electron chi connectivity index (χ4n) is 3.38. The van der Waals surface area contributed by atoms with Gasteiger partial charge in [0.2, 0.25) is 0 Å². The van der Waals surface area contributed by atoms with Crippen LogP contribution < -0.4 is 5.32 Å². The van der Waals surface area contributed by atoms with Crippen molar-refractivity contribution in [3.05, 3.63) is 47.8 Å². The van der Waals surface area contributed by atoms with E-state index < -0.39 is 48.7 Å². The Hall–Kier alpha value is -2.87. The van der Waals surface area contributed by atoms with Crippen molar-refractivity contribution in [3.63, 3.8) is 0 Å². The quantitative estimate of drug-likeness (QED) is 0.434. The van der Waals surface area contributed by atoms with Crippen molar-refractivity contribution < 1.29 is 37.6 Å². The van der Waals surface area contributed by atoms with Crippen LogP contribution in [0.1, 0.15) is 17.4 Å². The minimum atomic E-state index is -4.68. The first-order valence-corrected chi connectivity index (χ1v) is 9.09. The van der Waals surface area contributed by atoms with E-state index in [0.29, 0.717) is 6.07 Å². The summed E-state index contributed by atoms with van der Waals surface area (Å²) in [6.45, 7) is -0.676. The fraction of sp³-hybridized carbons (Fsp3) is 0.389. The second-order valence-electron chi connectivity index (χ2n) is 6.97. The molecule has 1 aromatic carbocycles. The minimum absolute atomic E-state index is 0.0435. The number of hydrogen-bond donors (Lipinski definition) is 4. The van der Waals surface area contributed by atoms with E-state index in [2.05, 4.69) is 20.3 Å². The smallest absolute Gasteiger partial charge is 0.394 e. The number of nitrogens with zero attached hydrogens (tertiary/aromatic N) is 4. The molecule has 3 heterocycles. The van der Waals surface area contributed by atoms with Gasteiger partial charge in [-0.3, -0.25) is 4.57 Å². The van der Waals surface area contributed by atoms with Crippen LogP contribution in [0, 0.1) is 5.82 Å². The average molecular weight is 443 g/mol. The lowest BCUT2D eigenvalue weighted by molar-refractivity contribution is -0.137. The molecule has 13 heteroatoms. The second-order valence-corrected chi connectivity index (χ2v) is 6.97. The van der Waals surface area contributed by atoms with E-state index in [4.69, 9.17) is 4.74 Å². The van der Waals surface area contributed by atoms with Crippen LogP contribution in [0.4, 0.5) is 23.4 Å². The molecule has 4 atom stereocenters. The van der Waals surface area contributed by atoms with Crippen LogP contribution in [0.2, 0.25) is 0 Å². The number of hydrogen-bond acceptors (Lipinski definition) is 8. The highest BCUT2D eigenvalue weighted by molar-refractivity contribution is 5.82. The van der Waals surface area contributed by atoms with E-state index in [9.17, 15) is 32.9 Å². The summed E-state index contributed by atoms with van der Waals surface area (Å²) in [4.78, 5) is 12.2. The standard InChI is InChI=1S/C18H17F4N5O4/c19-10-2-8(1-9(3-10)18(20,21)22)4-23-15-12-16(25-6-24-15)27(7-26-12)17-14(30)13(29)11(5-28)31-17/h1-3,6-7,11,13-14,17,28-30H,4-5H2,(H,23,24,25)/t11-,13-,14+,17-/m1/s1. The van der Waals surface area contributed by atoms with Crippen LogP contribution in [0.3, 0.4) is 0 Å². The summed E-state index contributed by atoms with van der Waals surface area (Å²) in [5, 5.41) is 32.2. The molecule has 4 rings (SSSR count). The number of anilines is 1. The number of aromatic nitrogens is 4. The number of benzene rings is 1. The molecule has 2 aromatic heterocycles. The van der Waals surface area contributed by atoms with Crippen LogP contribution in [-0.2, 0) is 17.5 Å². The Balaban J connectivity index is 1.59. The topological polar surface area (TPSA) is 126 Å². The third-order valence-electron chi connectivity index (χ3n) is 4.89. The van der Waals surface area contributed by atoms with Gasteiger partial charge in [0.1, 0.15) is 30.5 Å². The van der Waals surface area contributed by atoms with Gasteiger partial charge in [-0.2, -0.15) is 13.2 Å². The van der Waals surface area contributed by atoms with Gasteiger partial charge in [0.25, 0.3) is 0 Å². The Kier molecular flexibility index (Phi) is 5.51. The summed E-state index contributed by atoms with van der Waals surface area (Å²) in [5.41, 5.74) is -0.636. The van der Waals surface area contributed by atoms with Crippen molar-refractivity contribution in [2.24, 2.45) is 0 Å². The van der Waals surface area contributed by atoms with Gasteiger partial charge in [-0.1, -0.05) is 0 Å². The zero-order valence-electron chi connectivity index (χ0n) is 15.7. The zero-order chi connectivity index (χ0) is 22.3. The molecular weight excluding hydrogens is 426 g/mol. The molecule has 3 aromatic rings. The average Bonchev–Trinajstić information content (AvgIpc) is 3.27. The molecule has 9 nitrogen and oxygen atoms in total. The first kappa shape index (κ1) is 21.4. The van der Waals surface area contributed by atoms with Gasteiger partial charge in [-0.05, 0) is 23.8 Å². The van der Waals surface area contributed by atoms with Crippen molar-refractivity contribution >= 4 is 17.0 Å². The van der Waals surface area contributed by atoms with Crippen molar-refractivity contribution in [1.29, 1.82) is 0 Å². The van der Waals surface area contributed by atoms with Gasteiger partial charge >= 0.3 is 6.18 Å². The van der Waals surface area contributed by atoms with E-state index >= 15 is 0 Å². The fourth-order valence-corrected chi connectivity index (χ4v) is 3.38. The lowest BCUT2D eigenvalue weighted by atomic mass is 10.1. The molecule has 1 fully saturated rings. The van der Waals surface area contributed by atoms with Gasteiger partial charge in [0.15, 0.2) is 23.2 Å². The molecule has 1 aliphatic heterocycles. The number of alkyl halides is 3. The summed E-state index contributed by atoms with van der Waals surface area (Å²) in [7, 11) is 0. The lowest BCUT2D eigenvalue weighted by Crippen LogP contribution is -2.33. The molecule has 0 aliphatic carbocycles. The minimum Gasteiger partial charge on any atom is -0.394 e. The third kappa shape index (κ3) is 4.04. The normalized spacial score (nSPS) is 24.1. The second kappa shape index (κ2) is 8.00. The molecule has 31 heavy (non-hydrogen) atoms. The number of aliphatic hydroxyl groups is 3. The van der Waals surface area contributed by atoms with Crippen molar-refractivity contribution in [1.82, 2.24) is 19.5 Å². The largest absolute Gasteiger partial charge is 0.416 e. The number of rotatable bonds is 5. The van der Waals surface area contributed by atoms with Crippen LogP contribution in [-0.4, -0.2) is 59.8 Å². The maximum atomic E-state index is 13.6. The van der Waals surface area contributed by atoms with E-state index in [0.717, 1.165) is 18.5 Å². The van der Waals surface area contributed by atoms with E-state index in [1.54, 1.807) is 0 Å². The summed E-state index contributed by atoms with van der Waals surface area (Å²) in [6, 6.07) is 2.21. The van der Waals surface area contributed by atoms with E-state index in [1.165, 1.54) is 10.9 Å². The summed E-state index contributed by atoms with van der Waals surface area (Å²) in [6.07, 6.45) is -6.97. The maximum Gasteiger partial charge on any atom is 0.416 e. The SMILES string of the molecule is OC[C@H]1O[C@@H](n2cnc3c(NCc4cc(F)cc(C(F)(F)F)c4)ncnc32)[C@@H](O)[C@@H]1O. The van der Waals surface area contributed by atoms with Gasteiger partial charge in [0, 0.05) is 6.54 Å². The summed E-state index contributed by atoms with van der Waals surface area (Å²) < 4.78 is 59.1. The van der Waals surface area contributed by atoms with Crippen LogP contribution in [0.15, 0.2) is 30.9 Å². The Morgan fingerprint density at radius 2 is 1.87 bits per heavy atom. The van der Waals surface area contributed by atoms with Gasteiger partial charge in [0.05, 0.1) is 18.5 Å². The summed E-state index contributed by atoms with van der Waals surface area (Å²) in [5.74, 6) is -0.860. The molecular formula is C18H17F4N5O4. The van der Waals surface area contributed by atoms with Crippen molar-refractivity contribution in [2.45, 2.75) is 37.3 Å². The number of nitrogens with one attached hydrogen (secondary N) is 1. The molecule has 0 unspecified atom stereocenters. The molecule has 0 radical (unpaired) electrons. The Bertz CT molecular complexity index is 1090. The number of ether oxygens (including phenoxy) is 1. The van der Waals surface area contributed by atoms with Crippen LogP contribution in [0.5, 0.6) is 0 Å². The van der Waals surface area contributed by atoms with Crippen LogP contribution in [0.25, 0.3) is 11.2 Å². The molecule has 0 saturated carbocycles. The molecule has 0 bridgehead atoms. The Morgan fingerprint density at radius 3 is 2.55 bits per heavy atom. The van der Waals surface area contributed by atoms with Crippen LogP contribution >= 0.6 is 0 Å². The number of halogens is 4. The third-order valence-corrected chi connectivity index (χ3v) is 4.89. The highest BCUT2D eigenvalue weighted by Gasteiger charge is 2.44. The maximum absolute atomic E-state index is 13.6. The molecule has 0 amide bonds. The van der Waals surface area contributed by atoms with E-state index in [-0.39, 0.29) is 29.1 Å². The van der Waals surface area contributed by atoms with Crippen molar-refractivity contribution in [3.8, 4) is 0 Å². The van der Waals surface area contributed by atoms with Gasteiger partial charge in [-0.15, -0.1) is 0 Å². The summed E-state index contributed by atoms with van der Waals surface area (Å²) >= 11 is 0. The highest BCUT2D eigenvalue weighted by Crippen LogP contribution is 2.33. The predicted molar refractivity (Wildman–Crippen MR) is 97.1 cm³/mol. The molecule has 1 aliphatic rings.